The van der Waals surface area contributed by atoms with Crippen LogP contribution >= 0.6 is 11.3 Å². The van der Waals surface area contributed by atoms with Crippen molar-refractivity contribution in [3.8, 4) is 0 Å². The first kappa shape index (κ1) is 11.1. The van der Waals surface area contributed by atoms with Gasteiger partial charge in [-0.1, -0.05) is 5.10 Å². The molecule has 0 unspecified atom stereocenters. The third kappa shape index (κ3) is 1.47. The van der Waals surface area contributed by atoms with Gasteiger partial charge < -0.3 is 4.74 Å². The van der Waals surface area contributed by atoms with Gasteiger partial charge in [-0.15, -0.1) is 11.3 Å². The van der Waals surface area contributed by atoms with Gasteiger partial charge in [-0.25, -0.2) is 0 Å². The SMILES string of the molecule is CC1(C)Cc2c(sc3nc4nn[nH]n4c(=O)c23)CO1. The lowest BCUT2D eigenvalue weighted by atomic mass is 9.94. The number of tetrazole rings is 1. The molecule has 4 rings (SSSR count). The Morgan fingerprint density at radius 3 is 3.16 bits per heavy atom. The number of H-pyrrole nitrogens is 1. The van der Waals surface area contributed by atoms with Crippen LogP contribution < -0.4 is 5.56 Å². The van der Waals surface area contributed by atoms with Crippen LogP contribution in [0.1, 0.15) is 24.3 Å². The van der Waals surface area contributed by atoms with Crippen molar-refractivity contribution in [1.82, 2.24) is 25.0 Å². The fourth-order valence-electron chi connectivity index (χ4n) is 2.45. The number of hydrogen-bond acceptors (Lipinski definition) is 6. The molecule has 19 heavy (non-hydrogen) atoms. The van der Waals surface area contributed by atoms with E-state index in [9.17, 15) is 4.79 Å². The van der Waals surface area contributed by atoms with Crippen LogP contribution in [0.3, 0.4) is 0 Å². The summed E-state index contributed by atoms with van der Waals surface area (Å²) in [5, 5.41) is 10.6. The second-order valence-corrected chi connectivity index (χ2v) is 6.35. The molecule has 0 spiro atoms. The smallest absolute Gasteiger partial charge is 0.284 e. The average Bonchev–Trinajstić information content (AvgIpc) is 2.92. The lowest BCUT2D eigenvalue weighted by Gasteiger charge is -2.29. The minimum Gasteiger partial charge on any atom is -0.370 e. The molecule has 0 aromatic carbocycles. The molecule has 1 aliphatic heterocycles. The summed E-state index contributed by atoms with van der Waals surface area (Å²) < 4.78 is 7.05. The van der Waals surface area contributed by atoms with Crippen LogP contribution in [0.2, 0.25) is 0 Å². The highest BCUT2D eigenvalue weighted by atomic mass is 32.1. The highest BCUT2D eigenvalue weighted by Crippen LogP contribution is 2.36. The van der Waals surface area contributed by atoms with Gasteiger partial charge in [-0.2, -0.15) is 14.7 Å². The Morgan fingerprint density at radius 1 is 1.47 bits per heavy atom. The van der Waals surface area contributed by atoms with Crippen LogP contribution in [0.4, 0.5) is 0 Å². The molecule has 0 aliphatic carbocycles. The Balaban J connectivity index is 2.12. The molecule has 0 fully saturated rings. The highest BCUT2D eigenvalue weighted by Gasteiger charge is 2.31. The molecule has 0 atom stereocenters. The van der Waals surface area contributed by atoms with Crippen LogP contribution in [0, 0.1) is 0 Å². The maximum Gasteiger partial charge on any atom is 0.284 e. The molecule has 98 valence electrons. The van der Waals surface area contributed by atoms with Crippen LogP contribution in [0.15, 0.2) is 4.79 Å². The second-order valence-electron chi connectivity index (χ2n) is 5.26. The zero-order chi connectivity index (χ0) is 13.2. The quantitative estimate of drug-likeness (QED) is 0.659. The first-order valence-electron chi connectivity index (χ1n) is 5.93. The summed E-state index contributed by atoms with van der Waals surface area (Å²) in [5.74, 6) is 0.302. The Morgan fingerprint density at radius 2 is 2.32 bits per heavy atom. The fraction of sp³-hybridized carbons (Fsp3) is 0.455. The topological polar surface area (TPSA) is 85.2 Å². The minimum absolute atomic E-state index is 0.139. The van der Waals surface area contributed by atoms with E-state index in [-0.39, 0.29) is 11.2 Å². The first-order chi connectivity index (χ1) is 9.05. The van der Waals surface area contributed by atoms with Crippen molar-refractivity contribution in [2.75, 3.05) is 0 Å². The molecule has 0 bridgehead atoms. The van der Waals surface area contributed by atoms with Gasteiger partial charge in [-0.3, -0.25) is 4.79 Å². The number of fused-ring (bicyclic) bond motifs is 4. The maximum absolute atomic E-state index is 12.5. The van der Waals surface area contributed by atoms with E-state index in [1.165, 1.54) is 15.9 Å². The van der Waals surface area contributed by atoms with E-state index in [2.05, 4.69) is 20.5 Å². The Hall–Kier alpha value is -1.80. The van der Waals surface area contributed by atoms with E-state index in [1.807, 2.05) is 13.8 Å². The van der Waals surface area contributed by atoms with E-state index in [0.29, 0.717) is 29.0 Å². The zero-order valence-corrected chi connectivity index (χ0v) is 11.2. The third-order valence-corrected chi connectivity index (χ3v) is 4.47. The second kappa shape index (κ2) is 3.40. The molecule has 4 heterocycles. The van der Waals surface area contributed by atoms with Gasteiger partial charge in [0.05, 0.1) is 17.6 Å². The minimum atomic E-state index is -0.251. The van der Waals surface area contributed by atoms with Crippen molar-refractivity contribution in [3.05, 3.63) is 20.8 Å². The van der Waals surface area contributed by atoms with E-state index in [1.54, 1.807) is 0 Å². The van der Waals surface area contributed by atoms with Gasteiger partial charge in [0.25, 0.3) is 11.3 Å². The highest BCUT2D eigenvalue weighted by molar-refractivity contribution is 7.18. The van der Waals surface area contributed by atoms with Crippen LogP contribution in [0.5, 0.6) is 0 Å². The van der Waals surface area contributed by atoms with Crippen LogP contribution in [-0.2, 0) is 17.8 Å². The Kier molecular flexibility index (Phi) is 1.98. The van der Waals surface area contributed by atoms with Gasteiger partial charge in [0.15, 0.2) is 0 Å². The third-order valence-electron chi connectivity index (χ3n) is 3.37. The lowest BCUT2D eigenvalue weighted by molar-refractivity contribution is -0.0379. The van der Waals surface area contributed by atoms with Crippen molar-refractivity contribution in [2.24, 2.45) is 0 Å². The molecule has 0 amide bonds. The van der Waals surface area contributed by atoms with Crippen LogP contribution in [0.25, 0.3) is 16.0 Å². The molecule has 0 saturated carbocycles. The molecule has 1 aliphatic rings. The lowest BCUT2D eigenvalue weighted by Crippen LogP contribution is -2.31. The van der Waals surface area contributed by atoms with E-state index in [0.717, 1.165) is 10.4 Å². The van der Waals surface area contributed by atoms with Crippen molar-refractivity contribution >= 4 is 27.3 Å². The summed E-state index contributed by atoms with van der Waals surface area (Å²) in [6.07, 6.45) is 0.715. The summed E-state index contributed by atoms with van der Waals surface area (Å²) in [5.41, 5.74) is 0.664. The number of thiophene rings is 1. The van der Waals surface area contributed by atoms with E-state index < -0.39 is 0 Å². The zero-order valence-electron chi connectivity index (χ0n) is 10.4. The number of rotatable bonds is 0. The summed E-state index contributed by atoms with van der Waals surface area (Å²) in [6, 6.07) is 0. The van der Waals surface area contributed by atoms with E-state index >= 15 is 0 Å². The maximum atomic E-state index is 12.5. The Bertz CT molecular complexity index is 859. The van der Waals surface area contributed by atoms with Gasteiger partial charge >= 0.3 is 0 Å². The first-order valence-corrected chi connectivity index (χ1v) is 6.75. The van der Waals surface area contributed by atoms with Crippen LogP contribution in [-0.4, -0.2) is 30.6 Å². The molecular formula is C11H11N5O2S. The van der Waals surface area contributed by atoms with Gasteiger partial charge in [0, 0.05) is 11.3 Å². The van der Waals surface area contributed by atoms with Crippen molar-refractivity contribution < 1.29 is 4.74 Å². The molecule has 8 heteroatoms. The van der Waals surface area contributed by atoms with Gasteiger partial charge in [0.1, 0.15) is 4.83 Å². The molecular weight excluding hydrogens is 266 g/mol. The average molecular weight is 277 g/mol. The summed E-state index contributed by atoms with van der Waals surface area (Å²) in [7, 11) is 0. The molecule has 0 saturated heterocycles. The van der Waals surface area contributed by atoms with Crippen molar-refractivity contribution in [1.29, 1.82) is 0 Å². The van der Waals surface area contributed by atoms with Crippen molar-refractivity contribution in [3.63, 3.8) is 0 Å². The molecule has 3 aromatic rings. The largest absolute Gasteiger partial charge is 0.370 e. The molecule has 0 radical (unpaired) electrons. The summed E-state index contributed by atoms with van der Waals surface area (Å²) in [4.78, 5) is 18.6. The standard InChI is InChI=1S/C11H11N5O2S/c1-11(2)3-5-6(4-18-11)19-8-7(5)9(17)16-10(12-8)13-14-15-16/h3-4H2,1-2H3,(H,12,13,15). The predicted molar refractivity (Wildman–Crippen MR) is 69.4 cm³/mol. The number of hydrogen-bond donors (Lipinski definition) is 1. The Labute approximate surface area is 111 Å². The molecule has 1 N–H and O–H groups in total. The molecule has 3 aromatic heterocycles. The summed E-state index contributed by atoms with van der Waals surface area (Å²) in [6.45, 7) is 4.59. The number of aromatic amines is 1. The fourth-order valence-corrected chi connectivity index (χ4v) is 3.54. The number of nitrogens with zero attached hydrogens (tertiary/aromatic N) is 4. The van der Waals surface area contributed by atoms with Gasteiger partial charge in [0.2, 0.25) is 0 Å². The van der Waals surface area contributed by atoms with Crippen molar-refractivity contribution in [2.45, 2.75) is 32.5 Å². The monoisotopic (exact) mass is 277 g/mol. The van der Waals surface area contributed by atoms with Gasteiger partial charge in [-0.05, 0) is 24.6 Å². The summed E-state index contributed by atoms with van der Waals surface area (Å²) >= 11 is 1.50. The van der Waals surface area contributed by atoms with E-state index in [4.69, 9.17) is 4.74 Å². The number of nitrogens with one attached hydrogen (secondary N) is 1. The molecule has 7 nitrogen and oxygen atoms in total. The number of aromatic nitrogens is 5. The normalized spacial score (nSPS) is 18.0. The number of ether oxygens (including phenoxy) is 1. The predicted octanol–water partition coefficient (Wildman–Crippen LogP) is 0.879.